The summed E-state index contributed by atoms with van der Waals surface area (Å²) in [6, 6.07) is 10.8. The van der Waals surface area contributed by atoms with E-state index in [0.29, 0.717) is 0 Å². The zero-order chi connectivity index (χ0) is 20.7. The zero-order valence-corrected chi connectivity index (χ0v) is 16.4. The lowest BCUT2D eigenvalue weighted by atomic mass is 10.1. The van der Waals surface area contributed by atoms with Crippen LogP contribution in [-0.2, 0) is 25.5 Å². The third kappa shape index (κ3) is 5.87. The van der Waals surface area contributed by atoms with Gasteiger partial charge in [-0.1, -0.05) is 53.5 Å². The minimum absolute atomic E-state index is 0.00649. The van der Waals surface area contributed by atoms with Crippen LogP contribution in [0.5, 0.6) is 0 Å². The number of nitrogen functional groups attached to an aromatic ring is 1. The number of benzene rings is 2. The number of methoxy groups -OCH3 is 1. The number of rotatable bonds is 7. The lowest BCUT2D eigenvalue weighted by Gasteiger charge is -2.17. The van der Waals surface area contributed by atoms with Crippen LogP contribution in [0.2, 0.25) is 10.0 Å². The first-order valence-electron chi connectivity index (χ1n) is 8.14. The standard InChI is InChI=1S/C19H18Cl2N2O5/c1-27-19(26)15(7-11-5-3-2-4-6-11)23-16(24)10-28-18(25)13-8-12(20)9-14(21)17(13)22/h2-6,8-9,15H,7,10,22H2,1H3,(H,23,24)/t15-/m1/s1. The Kier molecular flexibility index (Phi) is 7.66. The largest absolute Gasteiger partial charge is 0.467 e. The molecule has 0 unspecified atom stereocenters. The average Bonchev–Trinajstić information content (AvgIpc) is 2.68. The molecule has 0 fully saturated rings. The minimum atomic E-state index is -0.927. The highest BCUT2D eigenvalue weighted by atomic mass is 35.5. The Hall–Kier alpha value is -2.77. The van der Waals surface area contributed by atoms with Gasteiger partial charge in [-0.3, -0.25) is 4.79 Å². The number of esters is 2. The van der Waals surface area contributed by atoms with E-state index in [1.807, 2.05) is 30.3 Å². The number of hydrogen-bond donors (Lipinski definition) is 2. The van der Waals surface area contributed by atoms with Gasteiger partial charge in [-0.15, -0.1) is 0 Å². The monoisotopic (exact) mass is 424 g/mol. The normalized spacial score (nSPS) is 11.4. The summed E-state index contributed by atoms with van der Waals surface area (Å²) in [5.41, 5.74) is 6.50. The molecule has 9 heteroatoms. The number of amides is 1. The van der Waals surface area contributed by atoms with Crippen LogP contribution in [0, 0.1) is 0 Å². The Labute approximate surface area is 171 Å². The van der Waals surface area contributed by atoms with E-state index in [9.17, 15) is 14.4 Å². The van der Waals surface area contributed by atoms with Crippen LogP contribution < -0.4 is 11.1 Å². The molecule has 0 radical (unpaired) electrons. The van der Waals surface area contributed by atoms with Crippen LogP contribution >= 0.6 is 23.2 Å². The third-order valence-corrected chi connectivity index (χ3v) is 4.28. The fraction of sp³-hybridized carbons (Fsp3) is 0.211. The van der Waals surface area contributed by atoms with Crippen LogP contribution in [0.25, 0.3) is 0 Å². The molecule has 0 spiro atoms. The van der Waals surface area contributed by atoms with Crippen molar-refractivity contribution < 1.29 is 23.9 Å². The van der Waals surface area contributed by atoms with Crippen molar-refractivity contribution >= 4 is 46.7 Å². The first-order chi connectivity index (χ1) is 13.3. The second kappa shape index (κ2) is 9.96. The molecule has 1 amide bonds. The summed E-state index contributed by atoms with van der Waals surface area (Å²) in [6.45, 7) is -0.620. The number of nitrogens with one attached hydrogen (secondary N) is 1. The zero-order valence-electron chi connectivity index (χ0n) is 14.9. The lowest BCUT2D eigenvalue weighted by Crippen LogP contribution is -2.44. The summed E-state index contributed by atoms with van der Waals surface area (Å²) in [6.07, 6.45) is 0.226. The van der Waals surface area contributed by atoms with E-state index in [4.69, 9.17) is 38.4 Å². The topological polar surface area (TPSA) is 108 Å². The maximum Gasteiger partial charge on any atom is 0.340 e. The first-order valence-corrected chi connectivity index (χ1v) is 8.90. The fourth-order valence-electron chi connectivity index (χ4n) is 2.38. The first kappa shape index (κ1) is 21.5. The fourth-order valence-corrected chi connectivity index (χ4v) is 2.88. The molecule has 2 aromatic carbocycles. The number of ether oxygens (including phenoxy) is 2. The molecule has 0 aliphatic heterocycles. The molecule has 3 N–H and O–H groups in total. The molecule has 0 aromatic heterocycles. The van der Waals surface area contributed by atoms with Crippen molar-refractivity contribution in [2.24, 2.45) is 0 Å². The Balaban J connectivity index is 1.99. The predicted octanol–water partition coefficient (Wildman–Crippen LogP) is 2.63. The molecular weight excluding hydrogens is 407 g/mol. The maximum atomic E-state index is 12.2. The second-order valence-electron chi connectivity index (χ2n) is 5.76. The Morgan fingerprint density at radius 2 is 1.82 bits per heavy atom. The summed E-state index contributed by atoms with van der Waals surface area (Å²) in [5.74, 6) is -2.16. The Bertz CT molecular complexity index is 874. The van der Waals surface area contributed by atoms with Crippen molar-refractivity contribution in [2.45, 2.75) is 12.5 Å². The maximum absolute atomic E-state index is 12.2. The van der Waals surface area contributed by atoms with Gasteiger partial charge in [0.25, 0.3) is 5.91 Å². The van der Waals surface area contributed by atoms with E-state index in [0.717, 1.165) is 5.56 Å². The number of anilines is 1. The highest BCUT2D eigenvalue weighted by molar-refractivity contribution is 6.37. The molecule has 28 heavy (non-hydrogen) atoms. The van der Waals surface area contributed by atoms with E-state index >= 15 is 0 Å². The number of hydrogen-bond acceptors (Lipinski definition) is 6. The molecule has 1 atom stereocenters. The molecule has 0 aliphatic rings. The van der Waals surface area contributed by atoms with Crippen LogP contribution in [0.15, 0.2) is 42.5 Å². The van der Waals surface area contributed by atoms with Crippen LogP contribution in [0.1, 0.15) is 15.9 Å². The number of nitrogens with two attached hydrogens (primary N) is 1. The molecule has 148 valence electrons. The van der Waals surface area contributed by atoms with E-state index < -0.39 is 30.5 Å². The highest BCUT2D eigenvalue weighted by Gasteiger charge is 2.23. The Morgan fingerprint density at radius 3 is 2.46 bits per heavy atom. The van der Waals surface area contributed by atoms with Gasteiger partial charge in [0.05, 0.1) is 23.4 Å². The predicted molar refractivity (Wildman–Crippen MR) is 105 cm³/mol. The lowest BCUT2D eigenvalue weighted by molar-refractivity contribution is -0.145. The van der Waals surface area contributed by atoms with Crippen LogP contribution in [0.3, 0.4) is 0 Å². The molecule has 2 aromatic rings. The van der Waals surface area contributed by atoms with Crippen LogP contribution in [0.4, 0.5) is 5.69 Å². The van der Waals surface area contributed by atoms with Gasteiger partial charge < -0.3 is 20.5 Å². The molecular formula is C19H18Cl2N2O5. The molecule has 0 heterocycles. The van der Waals surface area contributed by atoms with Gasteiger partial charge in [-0.25, -0.2) is 9.59 Å². The molecule has 0 bridgehead atoms. The van der Waals surface area contributed by atoms with E-state index in [2.05, 4.69) is 5.32 Å². The van der Waals surface area contributed by atoms with Gasteiger partial charge in [0.2, 0.25) is 0 Å². The van der Waals surface area contributed by atoms with Gasteiger partial charge in [-0.2, -0.15) is 0 Å². The summed E-state index contributed by atoms with van der Waals surface area (Å²) in [4.78, 5) is 36.2. The van der Waals surface area contributed by atoms with Gasteiger partial charge in [0, 0.05) is 11.4 Å². The molecule has 2 rings (SSSR count). The number of carbonyl (C=O) groups is 3. The summed E-state index contributed by atoms with van der Waals surface area (Å²) >= 11 is 11.7. The van der Waals surface area contributed by atoms with Crippen molar-refractivity contribution in [1.82, 2.24) is 5.32 Å². The van der Waals surface area contributed by atoms with Crippen LogP contribution in [-0.4, -0.2) is 37.6 Å². The average molecular weight is 425 g/mol. The van der Waals surface area contributed by atoms with Gasteiger partial charge in [0.15, 0.2) is 6.61 Å². The molecule has 0 saturated carbocycles. The smallest absolute Gasteiger partial charge is 0.340 e. The summed E-state index contributed by atoms with van der Waals surface area (Å²) in [7, 11) is 1.22. The van der Waals surface area contributed by atoms with Crippen molar-refractivity contribution in [1.29, 1.82) is 0 Å². The quantitative estimate of drug-likeness (QED) is 0.522. The molecule has 7 nitrogen and oxygen atoms in total. The summed E-state index contributed by atoms with van der Waals surface area (Å²) < 4.78 is 9.66. The second-order valence-corrected chi connectivity index (χ2v) is 6.60. The van der Waals surface area contributed by atoms with Crippen molar-refractivity contribution in [2.75, 3.05) is 19.5 Å². The number of halogens is 2. The number of carbonyl (C=O) groups excluding carboxylic acids is 3. The van der Waals surface area contributed by atoms with Crippen molar-refractivity contribution in [3.8, 4) is 0 Å². The molecule has 0 saturated heterocycles. The highest BCUT2D eigenvalue weighted by Crippen LogP contribution is 2.28. The minimum Gasteiger partial charge on any atom is -0.467 e. The van der Waals surface area contributed by atoms with Gasteiger partial charge >= 0.3 is 11.9 Å². The third-order valence-electron chi connectivity index (χ3n) is 3.75. The SMILES string of the molecule is COC(=O)[C@@H](Cc1ccccc1)NC(=O)COC(=O)c1cc(Cl)cc(Cl)c1N. The van der Waals surface area contributed by atoms with E-state index in [1.165, 1.54) is 19.2 Å². The van der Waals surface area contributed by atoms with E-state index in [-0.39, 0.29) is 27.7 Å². The van der Waals surface area contributed by atoms with Crippen molar-refractivity contribution in [3.63, 3.8) is 0 Å². The van der Waals surface area contributed by atoms with Gasteiger partial charge in [-0.05, 0) is 17.7 Å². The Morgan fingerprint density at radius 1 is 1.14 bits per heavy atom. The van der Waals surface area contributed by atoms with Gasteiger partial charge in [0.1, 0.15) is 6.04 Å². The van der Waals surface area contributed by atoms with Crippen molar-refractivity contribution in [3.05, 3.63) is 63.6 Å². The molecule has 0 aliphatic carbocycles. The summed E-state index contributed by atoms with van der Waals surface area (Å²) in [5, 5.41) is 2.78. The van der Waals surface area contributed by atoms with E-state index in [1.54, 1.807) is 0 Å².